The molecular formula is C23H22ClNO3S2. The Bertz CT molecular complexity index is 1040. The van der Waals surface area contributed by atoms with E-state index in [4.69, 9.17) is 21.1 Å². The SMILES string of the molecule is COc1cc2c(cc1OC)C(c1cccs1)N(C(=O)CSc1ccccc1Cl)CC2. The fourth-order valence-corrected chi connectivity index (χ4v) is 5.73. The lowest BCUT2D eigenvalue weighted by molar-refractivity contribution is -0.130. The van der Waals surface area contributed by atoms with Crippen molar-refractivity contribution in [2.24, 2.45) is 0 Å². The van der Waals surface area contributed by atoms with Crippen molar-refractivity contribution in [2.45, 2.75) is 17.4 Å². The summed E-state index contributed by atoms with van der Waals surface area (Å²) in [6.45, 7) is 0.660. The number of fused-ring (bicyclic) bond motifs is 1. The standard InChI is InChI=1S/C23H22ClNO3S2/c1-27-18-12-15-9-10-25(22(26)14-30-20-7-4-3-6-17(20)24)23(21-8-5-11-29-21)16(15)13-19(18)28-2/h3-8,11-13,23H,9-10,14H2,1-2H3. The predicted octanol–water partition coefficient (Wildman–Crippen LogP) is 5.69. The molecule has 0 aliphatic carbocycles. The van der Waals surface area contributed by atoms with Crippen LogP contribution in [0.4, 0.5) is 0 Å². The molecule has 0 radical (unpaired) electrons. The van der Waals surface area contributed by atoms with Crippen LogP contribution in [0.5, 0.6) is 11.5 Å². The van der Waals surface area contributed by atoms with Crippen molar-refractivity contribution in [3.63, 3.8) is 0 Å². The highest BCUT2D eigenvalue weighted by molar-refractivity contribution is 8.00. The summed E-state index contributed by atoms with van der Waals surface area (Å²) in [6.07, 6.45) is 0.778. The lowest BCUT2D eigenvalue weighted by atomic mass is 9.91. The molecule has 0 saturated carbocycles. The van der Waals surface area contributed by atoms with Gasteiger partial charge < -0.3 is 14.4 Å². The molecular weight excluding hydrogens is 438 g/mol. The summed E-state index contributed by atoms with van der Waals surface area (Å²) in [4.78, 5) is 17.3. The second-order valence-electron chi connectivity index (χ2n) is 6.88. The van der Waals surface area contributed by atoms with Gasteiger partial charge in [0.2, 0.25) is 5.91 Å². The van der Waals surface area contributed by atoms with Crippen LogP contribution in [-0.4, -0.2) is 37.3 Å². The van der Waals surface area contributed by atoms with Gasteiger partial charge in [-0.05, 0) is 53.3 Å². The third kappa shape index (κ3) is 4.17. The van der Waals surface area contributed by atoms with E-state index in [1.165, 1.54) is 17.3 Å². The number of thioether (sulfide) groups is 1. The number of methoxy groups -OCH3 is 2. The maximum absolute atomic E-state index is 13.3. The summed E-state index contributed by atoms with van der Waals surface area (Å²) in [5, 5.41) is 2.72. The molecule has 1 aliphatic rings. The zero-order chi connectivity index (χ0) is 21.1. The Balaban J connectivity index is 1.65. The van der Waals surface area contributed by atoms with E-state index in [1.807, 2.05) is 52.7 Å². The quantitative estimate of drug-likeness (QED) is 0.444. The molecule has 0 N–H and O–H groups in total. The Hall–Kier alpha value is -2.15. The van der Waals surface area contributed by atoms with Crippen molar-refractivity contribution >= 4 is 40.6 Å². The number of nitrogens with zero attached hydrogens (tertiary/aromatic N) is 1. The maximum Gasteiger partial charge on any atom is 0.233 e. The monoisotopic (exact) mass is 459 g/mol. The molecule has 1 aliphatic heterocycles. The Morgan fingerprint density at radius 1 is 1.17 bits per heavy atom. The highest BCUT2D eigenvalue weighted by Gasteiger charge is 2.33. The summed E-state index contributed by atoms with van der Waals surface area (Å²) in [6, 6.07) is 15.6. The van der Waals surface area contributed by atoms with E-state index in [1.54, 1.807) is 25.6 Å². The summed E-state index contributed by atoms with van der Waals surface area (Å²) in [5.74, 6) is 1.83. The van der Waals surface area contributed by atoms with Gasteiger partial charge in [-0.1, -0.05) is 29.8 Å². The number of benzene rings is 2. The molecule has 4 nitrogen and oxygen atoms in total. The topological polar surface area (TPSA) is 38.8 Å². The first-order chi connectivity index (χ1) is 14.6. The van der Waals surface area contributed by atoms with E-state index in [0.717, 1.165) is 27.5 Å². The van der Waals surface area contributed by atoms with Crippen molar-refractivity contribution in [1.82, 2.24) is 4.90 Å². The molecule has 1 unspecified atom stereocenters. The van der Waals surface area contributed by atoms with E-state index < -0.39 is 0 Å². The Morgan fingerprint density at radius 2 is 1.93 bits per heavy atom. The van der Waals surface area contributed by atoms with E-state index in [9.17, 15) is 4.79 Å². The molecule has 2 aromatic carbocycles. The Kier molecular flexibility index (Phi) is 6.56. The van der Waals surface area contributed by atoms with Gasteiger partial charge in [0, 0.05) is 16.3 Å². The van der Waals surface area contributed by atoms with Gasteiger partial charge in [0.1, 0.15) is 0 Å². The van der Waals surface area contributed by atoms with Gasteiger partial charge in [-0.15, -0.1) is 23.1 Å². The summed E-state index contributed by atoms with van der Waals surface area (Å²) < 4.78 is 11.0. The van der Waals surface area contributed by atoms with Crippen molar-refractivity contribution < 1.29 is 14.3 Å². The molecule has 0 fully saturated rings. The third-order valence-electron chi connectivity index (χ3n) is 5.19. The molecule has 0 spiro atoms. The fourth-order valence-electron chi connectivity index (χ4n) is 3.75. The molecule has 7 heteroatoms. The highest BCUT2D eigenvalue weighted by atomic mass is 35.5. The average Bonchev–Trinajstić information content (AvgIpc) is 3.31. The third-order valence-corrected chi connectivity index (χ3v) is 7.62. The number of amides is 1. The number of hydrogen-bond acceptors (Lipinski definition) is 5. The first-order valence-electron chi connectivity index (χ1n) is 9.57. The molecule has 1 aromatic heterocycles. The first-order valence-corrected chi connectivity index (χ1v) is 11.8. The van der Waals surface area contributed by atoms with Crippen LogP contribution in [0.25, 0.3) is 0 Å². The Morgan fingerprint density at radius 3 is 2.63 bits per heavy atom. The number of ether oxygens (including phenoxy) is 2. The van der Waals surface area contributed by atoms with Crippen LogP contribution >= 0.6 is 34.7 Å². The zero-order valence-electron chi connectivity index (χ0n) is 16.8. The molecule has 4 rings (SSSR count). The maximum atomic E-state index is 13.3. The number of halogens is 1. The molecule has 3 aromatic rings. The zero-order valence-corrected chi connectivity index (χ0v) is 19.2. The molecule has 0 bridgehead atoms. The van der Waals surface area contributed by atoms with Crippen LogP contribution in [-0.2, 0) is 11.2 Å². The Labute approximate surface area is 189 Å². The van der Waals surface area contributed by atoms with Gasteiger partial charge in [0.15, 0.2) is 11.5 Å². The van der Waals surface area contributed by atoms with E-state index >= 15 is 0 Å². The number of thiophene rings is 1. The van der Waals surface area contributed by atoms with Gasteiger partial charge in [-0.3, -0.25) is 4.79 Å². The van der Waals surface area contributed by atoms with E-state index in [-0.39, 0.29) is 11.9 Å². The lowest BCUT2D eigenvalue weighted by Crippen LogP contribution is -2.41. The molecule has 1 atom stereocenters. The smallest absolute Gasteiger partial charge is 0.233 e. The molecule has 0 saturated heterocycles. The lowest BCUT2D eigenvalue weighted by Gasteiger charge is -2.37. The van der Waals surface area contributed by atoms with E-state index in [0.29, 0.717) is 23.1 Å². The number of hydrogen-bond donors (Lipinski definition) is 0. The number of carbonyl (C=O) groups excluding carboxylic acids is 1. The average molecular weight is 460 g/mol. The summed E-state index contributed by atoms with van der Waals surface area (Å²) >= 11 is 9.40. The normalized spacial score (nSPS) is 15.6. The van der Waals surface area contributed by atoms with Crippen LogP contribution in [0.15, 0.2) is 58.8 Å². The minimum absolute atomic E-state index is 0.0961. The van der Waals surface area contributed by atoms with Crippen LogP contribution in [0.1, 0.15) is 22.0 Å². The summed E-state index contributed by atoms with van der Waals surface area (Å²) in [7, 11) is 3.28. The van der Waals surface area contributed by atoms with Crippen LogP contribution in [0.3, 0.4) is 0 Å². The van der Waals surface area contributed by atoms with Gasteiger partial charge in [-0.25, -0.2) is 0 Å². The van der Waals surface area contributed by atoms with Crippen molar-refractivity contribution in [1.29, 1.82) is 0 Å². The van der Waals surface area contributed by atoms with Gasteiger partial charge in [0.05, 0.1) is 31.0 Å². The van der Waals surface area contributed by atoms with Crippen molar-refractivity contribution in [3.05, 3.63) is 74.9 Å². The molecule has 30 heavy (non-hydrogen) atoms. The van der Waals surface area contributed by atoms with Gasteiger partial charge in [0.25, 0.3) is 0 Å². The number of rotatable bonds is 6. The highest BCUT2D eigenvalue weighted by Crippen LogP contribution is 2.42. The van der Waals surface area contributed by atoms with Crippen molar-refractivity contribution in [3.8, 4) is 11.5 Å². The molecule has 2 heterocycles. The van der Waals surface area contributed by atoms with Gasteiger partial charge in [-0.2, -0.15) is 0 Å². The first kappa shape index (κ1) is 21.1. The predicted molar refractivity (Wildman–Crippen MR) is 123 cm³/mol. The van der Waals surface area contributed by atoms with Crippen LogP contribution in [0.2, 0.25) is 5.02 Å². The summed E-state index contributed by atoms with van der Waals surface area (Å²) in [5.41, 5.74) is 2.28. The van der Waals surface area contributed by atoms with Gasteiger partial charge >= 0.3 is 0 Å². The van der Waals surface area contributed by atoms with E-state index in [2.05, 4.69) is 6.07 Å². The van der Waals surface area contributed by atoms with Crippen LogP contribution < -0.4 is 9.47 Å². The molecule has 1 amide bonds. The number of carbonyl (C=O) groups is 1. The second-order valence-corrected chi connectivity index (χ2v) is 9.28. The minimum atomic E-state index is -0.132. The second kappa shape index (κ2) is 9.33. The molecule has 156 valence electrons. The fraction of sp³-hybridized carbons (Fsp3) is 0.261. The van der Waals surface area contributed by atoms with Crippen molar-refractivity contribution in [2.75, 3.05) is 26.5 Å². The largest absolute Gasteiger partial charge is 0.493 e. The minimum Gasteiger partial charge on any atom is -0.493 e. The van der Waals surface area contributed by atoms with Crippen LogP contribution in [0, 0.1) is 0 Å².